The fourth-order valence-corrected chi connectivity index (χ4v) is 0.815. The zero-order valence-electron chi connectivity index (χ0n) is 7.07. The van der Waals surface area contributed by atoms with Crippen LogP contribution in [0.3, 0.4) is 0 Å². The van der Waals surface area contributed by atoms with Gasteiger partial charge in [0.25, 0.3) is 0 Å². The van der Waals surface area contributed by atoms with Crippen molar-refractivity contribution >= 4 is 17.0 Å². The van der Waals surface area contributed by atoms with Crippen molar-refractivity contribution in [1.82, 2.24) is 0 Å². The van der Waals surface area contributed by atoms with Gasteiger partial charge < -0.3 is 9.29 Å². The highest BCUT2D eigenvalue weighted by atomic mass is 32.2. The van der Waals surface area contributed by atoms with Gasteiger partial charge in [-0.2, -0.15) is 0 Å². The van der Waals surface area contributed by atoms with Gasteiger partial charge in [0.15, 0.2) is 17.0 Å². The fourth-order valence-electron chi connectivity index (χ4n) is 0.607. The molecule has 0 spiro atoms. The summed E-state index contributed by atoms with van der Waals surface area (Å²) >= 11 is -2.08. The second-order valence-electron chi connectivity index (χ2n) is 2.17. The van der Waals surface area contributed by atoms with E-state index in [-0.39, 0.29) is 0 Å². The molecular formula is C7H12O4S. The molecule has 1 N–H and O–H groups in total. The van der Waals surface area contributed by atoms with E-state index in [1.54, 1.807) is 13.0 Å². The minimum Gasteiger partial charge on any atom is -0.446 e. The molecule has 4 nitrogen and oxygen atoms in total. The monoisotopic (exact) mass is 192 g/mol. The van der Waals surface area contributed by atoms with E-state index in [4.69, 9.17) is 4.55 Å². The number of allylic oxidation sites excluding steroid dienone is 1. The Morgan fingerprint density at radius 1 is 1.67 bits per heavy atom. The van der Waals surface area contributed by atoms with Crippen LogP contribution in [0.2, 0.25) is 0 Å². The van der Waals surface area contributed by atoms with Gasteiger partial charge in [-0.1, -0.05) is 13.0 Å². The van der Waals surface area contributed by atoms with E-state index in [1.165, 1.54) is 0 Å². The van der Waals surface area contributed by atoms with Crippen molar-refractivity contribution in [2.24, 2.45) is 0 Å². The third kappa shape index (κ3) is 5.03. The SMILES string of the molecule is CCC=C(C)C(=O)OCS(=O)O. The summed E-state index contributed by atoms with van der Waals surface area (Å²) in [6.45, 7) is 3.49. The third-order valence-electron chi connectivity index (χ3n) is 1.12. The third-order valence-corrected chi connectivity index (χ3v) is 1.44. The van der Waals surface area contributed by atoms with Crippen LogP contribution in [0.15, 0.2) is 11.6 Å². The molecule has 0 fully saturated rings. The lowest BCUT2D eigenvalue weighted by atomic mass is 10.2. The number of carbonyl (C=O) groups excluding carboxylic acids is 1. The lowest BCUT2D eigenvalue weighted by molar-refractivity contribution is -0.137. The molecule has 0 aliphatic rings. The first-order chi connectivity index (χ1) is 5.57. The summed E-state index contributed by atoms with van der Waals surface area (Å²) in [4.78, 5) is 10.9. The van der Waals surface area contributed by atoms with E-state index in [9.17, 15) is 9.00 Å². The molecule has 0 rings (SSSR count). The molecule has 12 heavy (non-hydrogen) atoms. The highest BCUT2D eigenvalue weighted by molar-refractivity contribution is 7.79. The quantitative estimate of drug-likeness (QED) is 0.411. The molecular weight excluding hydrogens is 180 g/mol. The molecule has 0 aromatic carbocycles. The lowest BCUT2D eigenvalue weighted by Crippen LogP contribution is -2.09. The summed E-state index contributed by atoms with van der Waals surface area (Å²) < 4.78 is 22.8. The van der Waals surface area contributed by atoms with Crippen LogP contribution in [0.1, 0.15) is 20.3 Å². The number of ether oxygens (including phenoxy) is 1. The maximum absolute atomic E-state index is 10.9. The largest absolute Gasteiger partial charge is 0.446 e. The first-order valence-corrected chi connectivity index (χ1v) is 4.76. The number of hydrogen-bond acceptors (Lipinski definition) is 3. The highest BCUT2D eigenvalue weighted by Crippen LogP contribution is 1.98. The molecule has 0 amide bonds. The van der Waals surface area contributed by atoms with Crippen molar-refractivity contribution in [3.63, 3.8) is 0 Å². The standard InChI is InChI=1S/C7H12O4S/c1-3-4-6(2)7(8)11-5-12(9)10/h4H,3,5H2,1-2H3,(H,9,10). The van der Waals surface area contributed by atoms with Crippen LogP contribution in [0.5, 0.6) is 0 Å². The fraction of sp³-hybridized carbons (Fsp3) is 0.571. The Morgan fingerprint density at radius 3 is 2.67 bits per heavy atom. The molecule has 0 heterocycles. The van der Waals surface area contributed by atoms with E-state index in [0.29, 0.717) is 5.57 Å². The van der Waals surface area contributed by atoms with Crippen molar-refractivity contribution in [3.8, 4) is 0 Å². The van der Waals surface area contributed by atoms with Gasteiger partial charge in [-0.3, -0.25) is 0 Å². The van der Waals surface area contributed by atoms with Crippen LogP contribution in [-0.4, -0.2) is 20.7 Å². The topological polar surface area (TPSA) is 63.6 Å². The first kappa shape index (κ1) is 11.3. The number of esters is 1. The van der Waals surface area contributed by atoms with Gasteiger partial charge in [0.1, 0.15) is 0 Å². The number of hydrogen-bond donors (Lipinski definition) is 1. The molecule has 0 aliphatic heterocycles. The van der Waals surface area contributed by atoms with Crippen LogP contribution >= 0.6 is 0 Å². The zero-order chi connectivity index (χ0) is 9.56. The summed E-state index contributed by atoms with van der Waals surface area (Å²) in [6, 6.07) is 0. The second kappa shape index (κ2) is 5.91. The smallest absolute Gasteiger partial charge is 0.334 e. The molecule has 70 valence electrons. The molecule has 0 aromatic rings. The van der Waals surface area contributed by atoms with Crippen molar-refractivity contribution < 1.29 is 18.3 Å². The summed E-state index contributed by atoms with van der Waals surface area (Å²) in [5.41, 5.74) is 0.461. The Labute approximate surface area is 73.9 Å². The van der Waals surface area contributed by atoms with Crippen molar-refractivity contribution in [3.05, 3.63) is 11.6 Å². The van der Waals surface area contributed by atoms with Crippen LogP contribution in [0.25, 0.3) is 0 Å². The first-order valence-electron chi connectivity index (χ1n) is 3.49. The molecule has 0 bridgehead atoms. The Bertz CT molecular complexity index is 209. The summed E-state index contributed by atoms with van der Waals surface area (Å²) in [6.07, 6.45) is 2.44. The summed E-state index contributed by atoms with van der Waals surface area (Å²) in [5, 5.41) is 0. The normalized spacial score (nSPS) is 14.1. The molecule has 0 saturated carbocycles. The summed E-state index contributed by atoms with van der Waals surface area (Å²) in [7, 11) is 0. The maximum Gasteiger partial charge on any atom is 0.334 e. The van der Waals surface area contributed by atoms with E-state index in [2.05, 4.69) is 4.74 Å². The molecule has 0 radical (unpaired) electrons. The van der Waals surface area contributed by atoms with Gasteiger partial charge in [-0.25, -0.2) is 9.00 Å². The van der Waals surface area contributed by atoms with Crippen LogP contribution < -0.4 is 0 Å². The Balaban J connectivity index is 3.88. The average Bonchev–Trinajstić information content (AvgIpc) is 2.00. The number of rotatable bonds is 4. The molecule has 0 aliphatic carbocycles. The van der Waals surface area contributed by atoms with Gasteiger partial charge in [-0.05, 0) is 13.3 Å². The summed E-state index contributed by atoms with van der Waals surface area (Å²) in [5.74, 6) is -1.01. The van der Waals surface area contributed by atoms with Crippen molar-refractivity contribution in [1.29, 1.82) is 0 Å². The average molecular weight is 192 g/mol. The van der Waals surface area contributed by atoms with Crippen LogP contribution in [0.4, 0.5) is 0 Å². The van der Waals surface area contributed by atoms with Gasteiger partial charge in [-0.15, -0.1) is 0 Å². The Kier molecular flexibility index (Phi) is 5.57. The predicted molar refractivity (Wildman–Crippen MR) is 45.8 cm³/mol. The van der Waals surface area contributed by atoms with E-state index < -0.39 is 23.0 Å². The lowest BCUT2D eigenvalue weighted by Gasteiger charge is -2.00. The van der Waals surface area contributed by atoms with E-state index >= 15 is 0 Å². The van der Waals surface area contributed by atoms with Crippen LogP contribution in [0, 0.1) is 0 Å². The maximum atomic E-state index is 10.9. The van der Waals surface area contributed by atoms with Gasteiger partial charge in [0.05, 0.1) is 0 Å². The van der Waals surface area contributed by atoms with Crippen molar-refractivity contribution in [2.75, 3.05) is 5.94 Å². The van der Waals surface area contributed by atoms with Gasteiger partial charge >= 0.3 is 5.97 Å². The van der Waals surface area contributed by atoms with Crippen LogP contribution in [-0.2, 0) is 20.6 Å². The minimum atomic E-state index is -2.08. The predicted octanol–water partition coefficient (Wildman–Crippen LogP) is 1.07. The van der Waals surface area contributed by atoms with Gasteiger partial charge in [0.2, 0.25) is 0 Å². The second-order valence-corrected chi connectivity index (χ2v) is 3.05. The molecule has 5 heteroatoms. The van der Waals surface area contributed by atoms with Crippen molar-refractivity contribution in [2.45, 2.75) is 20.3 Å². The van der Waals surface area contributed by atoms with E-state index in [0.717, 1.165) is 6.42 Å². The highest BCUT2D eigenvalue weighted by Gasteiger charge is 2.05. The molecule has 0 aromatic heterocycles. The zero-order valence-corrected chi connectivity index (χ0v) is 7.89. The van der Waals surface area contributed by atoms with E-state index in [1.807, 2.05) is 6.92 Å². The Morgan fingerprint density at radius 2 is 2.25 bits per heavy atom. The minimum absolute atomic E-state index is 0.461. The number of carbonyl (C=O) groups is 1. The van der Waals surface area contributed by atoms with Gasteiger partial charge in [0, 0.05) is 5.57 Å². The molecule has 1 atom stereocenters. The molecule has 0 saturated heterocycles. The Hall–Kier alpha value is -0.680. The molecule has 1 unspecified atom stereocenters.